The lowest BCUT2D eigenvalue weighted by molar-refractivity contribution is -0.150. The molecular weight excluding hydrogens is 398 g/mol. The first kappa shape index (κ1) is 21.1. The van der Waals surface area contributed by atoms with Crippen LogP contribution in [0.3, 0.4) is 0 Å². The zero-order valence-electron chi connectivity index (χ0n) is 17.5. The molecule has 8 atom stereocenters. The molecule has 8 unspecified atom stereocenters. The van der Waals surface area contributed by atoms with Gasteiger partial charge < -0.3 is 19.5 Å². The zero-order valence-corrected chi connectivity index (χ0v) is 18.3. The highest BCUT2D eigenvalue weighted by atomic mass is 32.2. The van der Waals surface area contributed by atoms with Crippen LogP contribution >= 0.6 is 0 Å². The number of sulfone groups is 1. The first-order valence-corrected chi connectivity index (χ1v) is 12.1. The van der Waals surface area contributed by atoms with Gasteiger partial charge in [0.25, 0.3) is 0 Å². The van der Waals surface area contributed by atoms with Crippen LogP contribution in [0, 0.1) is 11.8 Å². The molecule has 0 aromatic heterocycles. The van der Waals surface area contributed by atoms with Crippen LogP contribution in [0.1, 0.15) is 66.2 Å². The van der Waals surface area contributed by atoms with E-state index >= 15 is 0 Å². The molecule has 0 aromatic carbocycles. The smallest absolute Gasteiger partial charge is 0.310 e. The summed E-state index contributed by atoms with van der Waals surface area (Å²) in [6.07, 6.45) is 4.22. The van der Waals surface area contributed by atoms with E-state index in [-0.39, 0.29) is 41.2 Å². The predicted octanol–water partition coefficient (Wildman–Crippen LogP) is 1.67. The molecule has 8 nitrogen and oxygen atoms in total. The molecule has 0 spiro atoms. The quantitative estimate of drug-likeness (QED) is 0.504. The molecule has 1 amide bonds. The van der Waals surface area contributed by atoms with Gasteiger partial charge in [0.15, 0.2) is 0 Å². The van der Waals surface area contributed by atoms with Crippen molar-refractivity contribution in [2.45, 2.75) is 100 Å². The highest BCUT2D eigenvalue weighted by Crippen LogP contribution is 2.50. The molecule has 2 heterocycles. The third kappa shape index (κ3) is 3.93. The molecule has 29 heavy (non-hydrogen) atoms. The lowest BCUT2D eigenvalue weighted by atomic mass is 9.82. The monoisotopic (exact) mass is 429 g/mol. The van der Waals surface area contributed by atoms with Crippen molar-refractivity contribution in [2.75, 3.05) is 0 Å². The second kappa shape index (κ2) is 6.92. The number of hydrogen-bond donors (Lipinski definition) is 1. The van der Waals surface area contributed by atoms with Gasteiger partial charge in [0.1, 0.15) is 5.37 Å². The molecule has 2 aliphatic carbocycles. The average Bonchev–Trinajstić information content (AvgIpc) is 3.52. The van der Waals surface area contributed by atoms with E-state index in [2.05, 4.69) is 5.32 Å². The Labute approximate surface area is 171 Å². The highest BCUT2D eigenvalue weighted by Gasteiger charge is 2.57. The number of epoxide rings is 2. The van der Waals surface area contributed by atoms with E-state index in [9.17, 15) is 18.0 Å². The molecule has 4 aliphatic rings. The Kier molecular flexibility index (Phi) is 5.02. The molecule has 0 bridgehead atoms. The topological polar surface area (TPSA) is 115 Å². The summed E-state index contributed by atoms with van der Waals surface area (Å²) >= 11 is 0. The summed E-state index contributed by atoms with van der Waals surface area (Å²) in [6.45, 7) is 6.83. The Bertz CT molecular complexity index is 754. The number of carbonyl (C=O) groups excluding carboxylic acids is 2. The zero-order chi connectivity index (χ0) is 21.2. The second-order valence-corrected chi connectivity index (χ2v) is 12.1. The molecule has 1 N–H and O–H groups in total. The van der Waals surface area contributed by atoms with E-state index in [0.29, 0.717) is 25.7 Å². The average molecular weight is 430 g/mol. The van der Waals surface area contributed by atoms with Crippen LogP contribution in [-0.4, -0.2) is 54.5 Å². The van der Waals surface area contributed by atoms with Gasteiger partial charge in [0.05, 0.1) is 29.3 Å². The fourth-order valence-electron chi connectivity index (χ4n) is 4.76. The van der Waals surface area contributed by atoms with Crippen LogP contribution in [0.4, 0.5) is 0 Å². The molecule has 0 radical (unpaired) electrons. The van der Waals surface area contributed by atoms with Gasteiger partial charge in [-0.3, -0.25) is 9.59 Å². The van der Waals surface area contributed by atoms with E-state index in [1.807, 2.05) is 13.8 Å². The fraction of sp³-hybridized carbons (Fsp3) is 0.900. The molecule has 4 fully saturated rings. The van der Waals surface area contributed by atoms with Gasteiger partial charge in [-0.1, -0.05) is 0 Å². The molecule has 4 rings (SSSR count). The normalized spacial score (nSPS) is 42.6. The summed E-state index contributed by atoms with van der Waals surface area (Å²) in [4.78, 5) is 25.0. The Morgan fingerprint density at radius 1 is 1.00 bits per heavy atom. The number of amides is 1. The van der Waals surface area contributed by atoms with Gasteiger partial charge in [-0.25, -0.2) is 8.42 Å². The molecule has 9 heteroatoms. The summed E-state index contributed by atoms with van der Waals surface area (Å²) in [5, 5.41) is 1.47. The number of hydrogen-bond acceptors (Lipinski definition) is 7. The lowest BCUT2D eigenvalue weighted by Crippen LogP contribution is -2.46. The van der Waals surface area contributed by atoms with Gasteiger partial charge in [-0.05, 0) is 66.2 Å². The summed E-state index contributed by atoms with van der Waals surface area (Å²) in [5.74, 6) is -1.38. The van der Waals surface area contributed by atoms with Crippen LogP contribution in [0.5, 0.6) is 0 Å². The minimum atomic E-state index is -3.87. The maximum absolute atomic E-state index is 12.8. The Morgan fingerprint density at radius 2 is 1.52 bits per heavy atom. The standard InChI is InChI=1S/C20H31NO7S/c1-11(21-17(22)13-5-7-19(3)15(9-13)27-19)29(24,25)12(2)26-18(23)14-6-8-20(4)16(10-14)28-20/h11-16H,5-10H2,1-4H3,(H,21,22). The molecule has 2 saturated heterocycles. The molecule has 2 aliphatic heterocycles. The Morgan fingerprint density at radius 3 is 2.07 bits per heavy atom. The Balaban J connectivity index is 1.28. The number of nitrogens with one attached hydrogen (secondary N) is 1. The van der Waals surface area contributed by atoms with Gasteiger partial charge in [0, 0.05) is 5.92 Å². The maximum atomic E-state index is 12.8. The third-order valence-corrected chi connectivity index (χ3v) is 9.46. The van der Waals surface area contributed by atoms with Crippen LogP contribution in [-0.2, 0) is 33.6 Å². The van der Waals surface area contributed by atoms with Crippen molar-refractivity contribution in [1.82, 2.24) is 5.32 Å². The van der Waals surface area contributed by atoms with Gasteiger partial charge in [0.2, 0.25) is 21.2 Å². The van der Waals surface area contributed by atoms with Crippen LogP contribution in [0.2, 0.25) is 0 Å². The maximum Gasteiger partial charge on any atom is 0.310 e. The van der Waals surface area contributed by atoms with Crippen LogP contribution < -0.4 is 5.32 Å². The predicted molar refractivity (Wildman–Crippen MR) is 103 cm³/mol. The van der Waals surface area contributed by atoms with Crippen molar-refractivity contribution in [1.29, 1.82) is 0 Å². The van der Waals surface area contributed by atoms with Crippen molar-refractivity contribution < 1.29 is 32.2 Å². The van der Waals surface area contributed by atoms with Gasteiger partial charge in [-0.2, -0.15) is 0 Å². The SMILES string of the molecule is CC(NC(=O)C1CCC2(C)OC2C1)S(=O)(=O)C(C)OC(=O)C1CCC2(C)OC2C1. The number of fused-ring (bicyclic) bond motifs is 2. The molecule has 164 valence electrons. The van der Waals surface area contributed by atoms with E-state index in [1.165, 1.54) is 13.8 Å². The first-order chi connectivity index (χ1) is 13.4. The van der Waals surface area contributed by atoms with Crippen LogP contribution in [0.25, 0.3) is 0 Å². The van der Waals surface area contributed by atoms with Crippen molar-refractivity contribution in [3.05, 3.63) is 0 Å². The second-order valence-electron chi connectivity index (χ2n) is 9.53. The fourth-order valence-corrected chi connectivity index (χ4v) is 5.84. The van der Waals surface area contributed by atoms with E-state index < -0.39 is 26.6 Å². The summed E-state index contributed by atoms with van der Waals surface area (Å²) in [7, 11) is -3.87. The Hall–Kier alpha value is -1.19. The number of carbonyl (C=O) groups is 2. The minimum absolute atomic E-state index is 0.0618. The number of esters is 1. The van der Waals surface area contributed by atoms with E-state index in [4.69, 9.17) is 14.2 Å². The van der Waals surface area contributed by atoms with Crippen molar-refractivity contribution in [2.24, 2.45) is 11.8 Å². The third-order valence-electron chi connectivity index (χ3n) is 7.33. The molecule has 2 saturated carbocycles. The summed E-state index contributed by atoms with van der Waals surface area (Å²) < 4.78 is 42.0. The van der Waals surface area contributed by atoms with Crippen molar-refractivity contribution in [3.8, 4) is 0 Å². The minimum Gasteiger partial charge on any atom is -0.446 e. The number of rotatable bonds is 6. The van der Waals surface area contributed by atoms with Gasteiger partial charge in [-0.15, -0.1) is 0 Å². The largest absolute Gasteiger partial charge is 0.446 e. The van der Waals surface area contributed by atoms with Crippen LogP contribution in [0.15, 0.2) is 0 Å². The number of ether oxygens (including phenoxy) is 3. The lowest BCUT2D eigenvalue weighted by Gasteiger charge is -2.26. The van der Waals surface area contributed by atoms with Crippen molar-refractivity contribution in [3.63, 3.8) is 0 Å². The highest BCUT2D eigenvalue weighted by molar-refractivity contribution is 7.92. The summed E-state index contributed by atoms with van der Waals surface area (Å²) in [6, 6.07) is 0. The molecular formula is C20H31NO7S. The first-order valence-electron chi connectivity index (χ1n) is 10.5. The van der Waals surface area contributed by atoms with Crippen molar-refractivity contribution >= 4 is 21.7 Å². The van der Waals surface area contributed by atoms with E-state index in [0.717, 1.165) is 12.8 Å². The van der Waals surface area contributed by atoms with Gasteiger partial charge >= 0.3 is 5.97 Å². The molecule has 0 aromatic rings. The summed E-state index contributed by atoms with van der Waals surface area (Å²) in [5.41, 5.74) is -1.53. The van der Waals surface area contributed by atoms with E-state index in [1.54, 1.807) is 0 Å².